The summed E-state index contributed by atoms with van der Waals surface area (Å²) in [5.41, 5.74) is 0.973. The summed E-state index contributed by atoms with van der Waals surface area (Å²) >= 11 is 1.18. The minimum Gasteiger partial charge on any atom is -0.394 e. The first kappa shape index (κ1) is 23.4. The number of nitriles is 1. The Balaban J connectivity index is 1.87. The summed E-state index contributed by atoms with van der Waals surface area (Å²) in [6.45, 7) is 1.07. The number of anilines is 1. The number of aliphatic hydroxyl groups excluding tert-OH is 4. The topological polar surface area (TPSA) is 155 Å². The Morgan fingerprint density at radius 1 is 1.31 bits per heavy atom. The molecule has 1 amide bonds. The van der Waals surface area contributed by atoms with Crippen molar-refractivity contribution < 1.29 is 30.0 Å². The molecule has 1 aliphatic rings. The van der Waals surface area contributed by atoms with E-state index in [4.69, 9.17) is 10.00 Å². The zero-order valence-corrected chi connectivity index (χ0v) is 16.9. The summed E-state index contributed by atoms with van der Waals surface area (Å²) in [5.74, 6) is -0.152. The number of hydrogen-bond acceptors (Lipinski definition) is 9. The van der Waals surface area contributed by atoms with Crippen LogP contribution in [0.5, 0.6) is 0 Å². The molecule has 1 saturated heterocycles. The van der Waals surface area contributed by atoms with Crippen molar-refractivity contribution in [3.63, 3.8) is 0 Å². The molecular weight excluding hydrogens is 398 g/mol. The molecule has 10 heteroatoms. The molecule has 1 aromatic carbocycles. The van der Waals surface area contributed by atoms with Crippen LogP contribution in [-0.4, -0.2) is 81.1 Å². The van der Waals surface area contributed by atoms with Crippen LogP contribution in [0.15, 0.2) is 24.3 Å². The number of aliphatic hydroxyl groups is 4. The first-order valence-corrected chi connectivity index (χ1v) is 10.3. The summed E-state index contributed by atoms with van der Waals surface area (Å²) in [4.78, 5) is 11.4. The van der Waals surface area contributed by atoms with Gasteiger partial charge in [-0.15, -0.1) is 11.8 Å². The van der Waals surface area contributed by atoms with Gasteiger partial charge < -0.3 is 35.8 Å². The molecule has 0 aliphatic carbocycles. The van der Waals surface area contributed by atoms with E-state index in [1.54, 1.807) is 0 Å². The fourth-order valence-corrected chi connectivity index (χ4v) is 4.13. The van der Waals surface area contributed by atoms with Crippen LogP contribution in [0.1, 0.15) is 12.5 Å². The van der Waals surface area contributed by atoms with Gasteiger partial charge in [-0.3, -0.25) is 4.79 Å². The molecule has 0 aromatic heterocycles. The molecule has 6 unspecified atom stereocenters. The second-order valence-electron chi connectivity index (χ2n) is 6.83. The van der Waals surface area contributed by atoms with Gasteiger partial charge in [0.25, 0.3) is 0 Å². The van der Waals surface area contributed by atoms with Crippen LogP contribution < -0.4 is 10.6 Å². The van der Waals surface area contributed by atoms with Gasteiger partial charge in [-0.2, -0.15) is 5.26 Å². The minimum absolute atomic E-state index is 0.237. The lowest BCUT2D eigenvalue weighted by atomic mass is 9.98. The molecule has 0 bridgehead atoms. The van der Waals surface area contributed by atoms with E-state index in [0.717, 1.165) is 11.3 Å². The van der Waals surface area contributed by atoms with E-state index >= 15 is 0 Å². The van der Waals surface area contributed by atoms with Crippen molar-refractivity contribution in [2.45, 2.75) is 49.2 Å². The molecule has 0 radical (unpaired) electrons. The van der Waals surface area contributed by atoms with Gasteiger partial charge in [0.1, 0.15) is 23.7 Å². The Morgan fingerprint density at radius 3 is 2.59 bits per heavy atom. The molecule has 0 saturated carbocycles. The van der Waals surface area contributed by atoms with Crippen LogP contribution in [0, 0.1) is 11.3 Å². The molecule has 1 fully saturated rings. The highest BCUT2D eigenvalue weighted by Gasteiger charge is 2.44. The minimum atomic E-state index is -1.33. The number of amides is 1. The Hall–Kier alpha value is -1.87. The second kappa shape index (κ2) is 11.3. The largest absolute Gasteiger partial charge is 0.394 e. The third-order valence-electron chi connectivity index (χ3n) is 4.48. The summed E-state index contributed by atoms with van der Waals surface area (Å²) in [6, 6.07) is 8.53. The van der Waals surface area contributed by atoms with Crippen LogP contribution >= 0.6 is 11.8 Å². The molecule has 1 heterocycles. The molecule has 9 nitrogen and oxygen atoms in total. The lowest BCUT2D eigenvalue weighted by Crippen LogP contribution is -2.63. The summed E-state index contributed by atoms with van der Waals surface area (Å²) < 4.78 is 5.61. The average Bonchev–Trinajstić information content (AvgIpc) is 2.70. The van der Waals surface area contributed by atoms with Gasteiger partial charge in [0.05, 0.1) is 31.2 Å². The van der Waals surface area contributed by atoms with Gasteiger partial charge in [0, 0.05) is 24.9 Å². The average molecular weight is 426 g/mol. The van der Waals surface area contributed by atoms with Crippen molar-refractivity contribution in [1.82, 2.24) is 5.32 Å². The third-order valence-corrected chi connectivity index (χ3v) is 5.79. The van der Waals surface area contributed by atoms with Crippen LogP contribution in [0.4, 0.5) is 5.69 Å². The van der Waals surface area contributed by atoms with Gasteiger partial charge in [-0.25, -0.2) is 0 Å². The zero-order valence-electron chi connectivity index (χ0n) is 16.1. The molecule has 160 valence electrons. The van der Waals surface area contributed by atoms with Crippen molar-refractivity contribution >= 4 is 23.4 Å². The number of carbonyl (C=O) groups is 1. The van der Waals surface area contributed by atoms with Crippen molar-refractivity contribution in [3.8, 4) is 6.07 Å². The lowest BCUT2D eigenvalue weighted by Gasteiger charge is -2.42. The molecule has 0 spiro atoms. The number of rotatable bonds is 9. The molecular formula is C19H27N3O6S. The van der Waals surface area contributed by atoms with Crippen molar-refractivity contribution in [1.29, 1.82) is 5.26 Å². The fourth-order valence-electron chi connectivity index (χ4n) is 2.95. The summed E-state index contributed by atoms with van der Waals surface area (Å²) in [7, 11) is 0. The fraction of sp³-hybridized carbons (Fsp3) is 0.579. The highest BCUT2D eigenvalue weighted by Crippen LogP contribution is 2.29. The predicted molar refractivity (Wildman–Crippen MR) is 108 cm³/mol. The number of nitrogens with one attached hydrogen (secondary N) is 2. The number of carbonyl (C=O) groups excluding carboxylic acids is 1. The quantitative estimate of drug-likeness (QED) is 0.298. The Labute approximate surface area is 173 Å². The van der Waals surface area contributed by atoms with Crippen LogP contribution in [0.25, 0.3) is 0 Å². The first-order valence-electron chi connectivity index (χ1n) is 9.24. The van der Waals surface area contributed by atoms with Crippen molar-refractivity contribution in [2.75, 3.05) is 24.2 Å². The Morgan fingerprint density at radius 2 is 2.00 bits per heavy atom. The highest BCUT2D eigenvalue weighted by atomic mass is 32.2. The van der Waals surface area contributed by atoms with E-state index in [0.29, 0.717) is 6.42 Å². The number of nitrogens with zero attached hydrogens (tertiary/aromatic N) is 1. The monoisotopic (exact) mass is 425 g/mol. The van der Waals surface area contributed by atoms with Gasteiger partial charge in [0.2, 0.25) is 5.91 Å². The summed E-state index contributed by atoms with van der Waals surface area (Å²) in [6.07, 6.45) is -4.02. The van der Waals surface area contributed by atoms with Gasteiger partial charge >= 0.3 is 0 Å². The SMILES string of the molecule is CC(=O)NC1C(SCC(O)CNc2ccc(CC#N)cc2)OC(CO)C(O)C1O. The predicted octanol–water partition coefficient (Wildman–Crippen LogP) is -0.798. The van der Waals surface area contributed by atoms with Gasteiger partial charge in [-0.05, 0) is 17.7 Å². The number of thioether (sulfide) groups is 1. The molecule has 2 rings (SSSR count). The van der Waals surface area contributed by atoms with E-state index in [1.165, 1.54) is 18.7 Å². The van der Waals surface area contributed by atoms with Crippen molar-refractivity contribution in [3.05, 3.63) is 29.8 Å². The van der Waals surface area contributed by atoms with E-state index in [9.17, 15) is 25.2 Å². The second-order valence-corrected chi connectivity index (χ2v) is 7.96. The van der Waals surface area contributed by atoms with Crippen LogP contribution in [0.2, 0.25) is 0 Å². The summed E-state index contributed by atoms with van der Waals surface area (Å²) in [5, 5.41) is 54.2. The smallest absolute Gasteiger partial charge is 0.217 e. The normalized spacial score (nSPS) is 27.7. The van der Waals surface area contributed by atoms with Crippen molar-refractivity contribution in [2.24, 2.45) is 0 Å². The van der Waals surface area contributed by atoms with Gasteiger partial charge in [0.15, 0.2) is 0 Å². The molecule has 6 N–H and O–H groups in total. The van der Waals surface area contributed by atoms with Crippen LogP contribution in [0.3, 0.4) is 0 Å². The first-order chi connectivity index (χ1) is 13.8. The number of benzene rings is 1. The number of ether oxygens (including phenoxy) is 1. The standard InChI is InChI=1S/C19H27N3O6S/c1-11(24)22-16-18(27)17(26)15(9-23)28-19(16)29-10-14(25)8-21-13-4-2-12(3-5-13)6-7-20/h2-5,14-19,21,23,25-27H,6,8-10H2,1H3,(H,22,24). The maximum atomic E-state index is 11.4. The maximum Gasteiger partial charge on any atom is 0.217 e. The van der Waals surface area contributed by atoms with E-state index in [-0.39, 0.29) is 18.2 Å². The maximum absolute atomic E-state index is 11.4. The zero-order chi connectivity index (χ0) is 21.4. The molecule has 29 heavy (non-hydrogen) atoms. The Bertz CT molecular complexity index is 698. The third kappa shape index (κ3) is 6.85. The lowest BCUT2D eigenvalue weighted by molar-refractivity contribution is -0.173. The van der Waals surface area contributed by atoms with Crippen LogP contribution in [-0.2, 0) is 16.0 Å². The molecule has 6 atom stereocenters. The van der Waals surface area contributed by atoms with E-state index in [2.05, 4.69) is 16.7 Å². The molecule has 1 aliphatic heterocycles. The Kier molecular flexibility index (Phi) is 9.16. The van der Waals surface area contributed by atoms with E-state index < -0.39 is 42.5 Å². The molecule has 1 aromatic rings. The highest BCUT2D eigenvalue weighted by molar-refractivity contribution is 7.99. The number of hydrogen-bond donors (Lipinski definition) is 6. The van der Waals surface area contributed by atoms with Gasteiger partial charge in [-0.1, -0.05) is 12.1 Å². The van der Waals surface area contributed by atoms with E-state index in [1.807, 2.05) is 24.3 Å².